The van der Waals surface area contributed by atoms with Gasteiger partial charge in [-0.25, -0.2) is 9.78 Å². The molecule has 8 nitrogen and oxygen atoms in total. The lowest BCUT2D eigenvalue weighted by atomic mass is 10.1. The number of rotatable bonds is 4. The Morgan fingerprint density at radius 1 is 1.22 bits per heavy atom. The first kappa shape index (κ1) is 18.5. The SMILES string of the molecule is CCOC(=O)c1csc(NC(=O)c2cc(O)c(O)cc2O)n1.Cl. The van der Waals surface area contributed by atoms with Crippen LogP contribution in [0.15, 0.2) is 17.5 Å². The van der Waals surface area contributed by atoms with Gasteiger partial charge >= 0.3 is 5.97 Å². The van der Waals surface area contributed by atoms with Crippen LogP contribution in [0.3, 0.4) is 0 Å². The molecule has 1 aromatic carbocycles. The molecular weight excluding hydrogens is 348 g/mol. The molecule has 0 unspecified atom stereocenters. The maximum absolute atomic E-state index is 12.0. The van der Waals surface area contributed by atoms with Crippen molar-refractivity contribution in [1.82, 2.24) is 4.98 Å². The van der Waals surface area contributed by atoms with Gasteiger partial charge < -0.3 is 20.1 Å². The standard InChI is InChI=1S/C13H12N2O6S.ClH/c1-2-21-12(20)7-5-22-13(14-7)15-11(19)6-3-9(17)10(18)4-8(6)16;/h3-5,16-18H,2H2,1H3,(H,14,15,19);1H. The van der Waals surface area contributed by atoms with E-state index in [-0.39, 0.29) is 35.4 Å². The van der Waals surface area contributed by atoms with Crippen molar-refractivity contribution in [1.29, 1.82) is 0 Å². The van der Waals surface area contributed by atoms with Gasteiger partial charge in [0.15, 0.2) is 22.3 Å². The van der Waals surface area contributed by atoms with Gasteiger partial charge in [-0.3, -0.25) is 10.1 Å². The molecule has 2 rings (SSSR count). The highest BCUT2D eigenvalue weighted by atomic mass is 35.5. The van der Waals surface area contributed by atoms with E-state index in [1.54, 1.807) is 6.92 Å². The molecule has 1 heterocycles. The van der Waals surface area contributed by atoms with E-state index >= 15 is 0 Å². The first-order valence-electron chi connectivity index (χ1n) is 6.11. The zero-order chi connectivity index (χ0) is 16.3. The van der Waals surface area contributed by atoms with E-state index in [1.807, 2.05) is 0 Å². The number of halogens is 1. The fourth-order valence-electron chi connectivity index (χ4n) is 1.54. The van der Waals surface area contributed by atoms with Gasteiger partial charge in [0.1, 0.15) is 5.75 Å². The minimum atomic E-state index is -0.752. The summed E-state index contributed by atoms with van der Waals surface area (Å²) in [4.78, 5) is 27.3. The van der Waals surface area contributed by atoms with Crippen molar-refractivity contribution in [2.24, 2.45) is 0 Å². The number of carbonyl (C=O) groups excluding carboxylic acids is 2. The van der Waals surface area contributed by atoms with Crippen molar-refractivity contribution in [3.05, 3.63) is 28.8 Å². The van der Waals surface area contributed by atoms with Gasteiger partial charge in [0.05, 0.1) is 12.2 Å². The maximum atomic E-state index is 12.0. The third kappa shape index (κ3) is 4.24. The Morgan fingerprint density at radius 3 is 2.52 bits per heavy atom. The molecule has 0 aliphatic carbocycles. The van der Waals surface area contributed by atoms with Crippen LogP contribution >= 0.6 is 23.7 Å². The highest BCUT2D eigenvalue weighted by Gasteiger charge is 2.18. The molecule has 1 aromatic heterocycles. The van der Waals surface area contributed by atoms with Crippen LogP contribution in [0.5, 0.6) is 17.2 Å². The smallest absolute Gasteiger partial charge is 0.357 e. The van der Waals surface area contributed by atoms with Crippen LogP contribution in [0.2, 0.25) is 0 Å². The number of aromatic hydroxyl groups is 3. The summed E-state index contributed by atoms with van der Waals surface area (Å²) in [7, 11) is 0. The maximum Gasteiger partial charge on any atom is 0.357 e. The average molecular weight is 361 g/mol. The van der Waals surface area contributed by atoms with E-state index in [2.05, 4.69) is 10.3 Å². The lowest BCUT2D eigenvalue weighted by molar-refractivity contribution is 0.0520. The van der Waals surface area contributed by atoms with Gasteiger partial charge in [-0.1, -0.05) is 0 Å². The highest BCUT2D eigenvalue weighted by Crippen LogP contribution is 2.32. The van der Waals surface area contributed by atoms with Crippen LogP contribution in [-0.4, -0.2) is 38.8 Å². The number of carbonyl (C=O) groups is 2. The van der Waals surface area contributed by atoms with Gasteiger partial charge in [0, 0.05) is 17.5 Å². The molecule has 0 fully saturated rings. The summed E-state index contributed by atoms with van der Waals surface area (Å²) < 4.78 is 4.77. The van der Waals surface area contributed by atoms with Crippen molar-refractivity contribution in [3.8, 4) is 17.2 Å². The van der Waals surface area contributed by atoms with Gasteiger partial charge in [-0.2, -0.15) is 0 Å². The van der Waals surface area contributed by atoms with Crippen LogP contribution in [-0.2, 0) is 4.74 Å². The Balaban J connectivity index is 0.00000264. The number of phenolic OH excluding ortho intramolecular Hbond substituents is 3. The Morgan fingerprint density at radius 2 is 1.87 bits per heavy atom. The molecular formula is C13H13ClN2O6S. The number of nitrogens with zero attached hydrogens (tertiary/aromatic N) is 1. The molecule has 0 aliphatic rings. The second kappa shape index (κ2) is 7.65. The number of aromatic nitrogens is 1. The Kier molecular flexibility index (Phi) is 6.17. The third-order valence-electron chi connectivity index (χ3n) is 2.55. The van der Waals surface area contributed by atoms with Crippen LogP contribution in [0.25, 0.3) is 0 Å². The number of ether oxygens (including phenoxy) is 1. The third-order valence-corrected chi connectivity index (χ3v) is 3.30. The number of hydrogen-bond acceptors (Lipinski definition) is 8. The van der Waals surface area contributed by atoms with Crippen molar-refractivity contribution in [2.75, 3.05) is 11.9 Å². The summed E-state index contributed by atoms with van der Waals surface area (Å²) in [6, 6.07) is 1.76. The molecule has 0 bridgehead atoms. The molecule has 23 heavy (non-hydrogen) atoms. The highest BCUT2D eigenvalue weighted by molar-refractivity contribution is 7.14. The van der Waals surface area contributed by atoms with Crippen molar-refractivity contribution >= 4 is 40.8 Å². The number of hydrogen-bond donors (Lipinski definition) is 4. The van der Waals surface area contributed by atoms with Gasteiger partial charge in [0.2, 0.25) is 0 Å². The number of thiazole rings is 1. The van der Waals surface area contributed by atoms with Crippen molar-refractivity contribution < 1.29 is 29.6 Å². The van der Waals surface area contributed by atoms with E-state index in [9.17, 15) is 24.9 Å². The monoisotopic (exact) mass is 360 g/mol. The zero-order valence-corrected chi connectivity index (χ0v) is 13.4. The van der Waals surface area contributed by atoms with E-state index in [0.717, 1.165) is 23.5 Å². The molecule has 4 N–H and O–H groups in total. The van der Waals surface area contributed by atoms with Crippen molar-refractivity contribution in [3.63, 3.8) is 0 Å². The van der Waals surface area contributed by atoms with E-state index in [1.165, 1.54) is 5.38 Å². The van der Waals surface area contributed by atoms with E-state index in [4.69, 9.17) is 4.74 Å². The Hall–Kier alpha value is -2.52. The molecule has 0 radical (unpaired) electrons. The van der Waals surface area contributed by atoms with E-state index in [0.29, 0.717) is 0 Å². The molecule has 1 amide bonds. The number of phenols is 3. The molecule has 0 saturated heterocycles. The second-order valence-electron chi connectivity index (χ2n) is 4.07. The lowest BCUT2D eigenvalue weighted by Crippen LogP contribution is -2.12. The summed E-state index contributed by atoms with van der Waals surface area (Å²) in [5.41, 5.74) is -0.192. The fraction of sp³-hybridized carbons (Fsp3) is 0.154. The first-order valence-corrected chi connectivity index (χ1v) is 6.99. The predicted molar refractivity (Wildman–Crippen MR) is 84.7 cm³/mol. The van der Waals surface area contributed by atoms with Crippen LogP contribution in [0.1, 0.15) is 27.8 Å². The predicted octanol–water partition coefficient (Wildman–Crippen LogP) is 2.11. The number of esters is 1. The van der Waals surface area contributed by atoms with E-state index < -0.39 is 29.1 Å². The molecule has 0 atom stereocenters. The van der Waals surface area contributed by atoms with Crippen LogP contribution in [0.4, 0.5) is 5.13 Å². The van der Waals surface area contributed by atoms with Gasteiger partial charge in [-0.15, -0.1) is 23.7 Å². The minimum Gasteiger partial charge on any atom is -0.507 e. The topological polar surface area (TPSA) is 129 Å². The number of anilines is 1. The molecule has 0 aliphatic heterocycles. The molecule has 0 spiro atoms. The number of benzene rings is 1. The van der Waals surface area contributed by atoms with Gasteiger partial charge in [-0.05, 0) is 6.92 Å². The lowest BCUT2D eigenvalue weighted by Gasteiger charge is -2.06. The molecule has 2 aromatic rings. The molecule has 10 heteroatoms. The van der Waals surface area contributed by atoms with Gasteiger partial charge in [0.25, 0.3) is 5.91 Å². The summed E-state index contributed by atoms with van der Waals surface area (Å²) in [5.74, 6) is -2.96. The summed E-state index contributed by atoms with van der Waals surface area (Å²) in [6.45, 7) is 1.87. The minimum absolute atomic E-state index is 0. The summed E-state index contributed by atoms with van der Waals surface area (Å²) in [5, 5.41) is 32.1. The number of amides is 1. The normalized spacial score (nSPS) is 9.78. The fourth-order valence-corrected chi connectivity index (χ4v) is 2.22. The van der Waals surface area contributed by atoms with Crippen molar-refractivity contribution in [2.45, 2.75) is 6.92 Å². The summed E-state index contributed by atoms with van der Waals surface area (Å²) in [6.07, 6.45) is 0. The number of nitrogens with one attached hydrogen (secondary N) is 1. The molecule has 124 valence electrons. The second-order valence-corrected chi connectivity index (χ2v) is 4.93. The first-order chi connectivity index (χ1) is 10.4. The molecule has 0 saturated carbocycles. The Bertz CT molecular complexity index is 733. The van der Waals surface area contributed by atoms with Crippen LogP contribution in [0, 0.1) is 0 Å². The zero-order valence-electron chi connectivity index (χ0n) is 11.8. The summed E-state index contributed by atoms with van der Waals surface area (Å²) >= 11 is 1.00. The quantitative estimate of drug-likeness (QED) is 0.373. The largest absolute Gasteiger partial charge is 0.507 e. The average Bonchev–Trinajstić information content (AvgIpc) is 2.91. The Labute approximate surface area is 140 Å². The van der Waals surface area contributed by atoms with Crippen LogP contribution < -0.4 is 5.32 Å².